The molecule has 1 aliphatic heterocycles. The van der Waals surface area contributed by atoms with Crippen LogP contribution in [0, 0.1) is 0 Å². The van der Waals surface area contributed by atoms with Crippen molar-refractivity contribution in [1.29, 1.82) is 0 Å². The first-order chi connectivity index (χ1) is 10.9. The molecule has 0 saturated carbocycles. The average Bonchev–Trinajstić information content (AvgIpc) is 2.97. The first kappa shape index (κ1) is 17.4. The molecule has 0 radical (unpaired) electrons. The largest absolute Gasteiger partial charge is 0.481 e. The summed E-state index contributed by atoms with van der Waals surface area (Å²) in [5.41, 5.74) is 1.78. The van der Waals surface area contributed by atoms with Gasteiger partial charge in [0.15, 0.2) is 0 Å². The van der Waals surface area contributed by atoms with E-state index in [1.54, 1.807) is 6.07 Å². The Hall–Kier alpha value is -1.97. The third kappa shape index (κ3) is 5.02. The van der Waals surface area contributed by atoms with Gasteiger partial charge in [-0.1, -0.05) is 6.07 Å². The highest BCUT2D eigenvalue weighted by molar-refractivity contribution is 7.89. The molecule has 1 heterocycles. The number of hydrogen-bond acceptors (Lipinski definition) is 5. The predicted octanol–water partition coefficient (Wildman–Crippen LogP) is -0.0239. The number of benzene rings is 1. The van der Waals surface area contributed by atoms with Gasteiger partial charge in [-0.25, -0.2) is 13.1 Å². The molecule has 126 valence electrons. The van der Waals surface area contributed by atoms with Gasteiger partial charge in [-0.15, -0.1) is 0 Å². The van der Waals surface area contributed by atoms with Crippen molar-refractivity contribution < 1.29 is 27.9 Å². The number of nitrogens with one attached hydrogen (secondary N) is 2. The van der Waals surface area contributed by atoms with Crippen LogP contribution in [-0.2, 0) is 37.6 Å². The molecule has 0 aliphatic carbocycles. The zero-order valence-corrected chi connectivity index (χ0v) is 13.2. The second kappa shape index (κ2) is 7.53. The number of ether oxygens (including phenoxy) is 1. The van der Waals surface area contributed by atoms with Crippen LogP contribution in [0.2, 0.25) is 0 Å². The van der Waals surface area contributed by atoms with Crippen molar-refractivity contribution in [2.24, 2.45) is 0 Å². The molecular formula is C14H18N2O6S. The van der Waals surface area contributed by atoms with Crippen molar-refractivity contribution in [3.05, 3.63) is 29.3 Å². The van der Waals surface area contributed by atoms with Crippen LogP contribution in [0.15, 0.2) is 23.1 Å². The van der Waals surface area contributed by atoms with Gasteiger partial charge < -0.3 is 15.2 Å². The number of carbonyl (C=O) groups excluding carboxylic acids is 1. The molecule has 1 aliphatic rings. The normalized spacial score (nSPS) is 13.6. The molecule has 0 atom stereocenters. The number of rotatable bonds is 8. The van der Waals surface area contributed by atoms with E-state index in [4.69, 9.17) is 9.84 Å². The van der Waals surface area contributed by atoms with Crippen LogP contribution < -0.4 is 10.0 Å². The van der Waals surface area contributed by atoms with Crippen molar-refractivity contribution in [2.45, 2.75) is 31.0 Å². The fourth-order valence-corrected chi connectivity index (χ4v) is 3.12. The summed E-state index contributed by atoms with van der Waals surface area (Å²) in [5, 5.41) is 10.9. The molecule has 1 aromatic rings. The van der Waals surface area contributed by atoms with E-state index in [1.807, 2.05) is 0 Å². The van der Waals surface area contributed by atoms with Crippen molar-refractivity contribution in [3.8, 4) is 0 Å². The highest BCUT2D eigenvalue weighted by atomic mass is 32.2. The molecule has 23 heavy (non-hydrogen) atoms. The van der Waals surface area contributed by atoms with Crippen molar-refractivity contribution >= 4 is 21.9 Å². The molecule has 0 aromatic heterocycles. The minimum atomic E-state index is -3.78. The summed E-state index contributed by atoms with van der Waals surface area (Å²) >= 11 is 0. The van der Waals surface area contributed by atoms with E-state index in [-0.39, 0.29) is 17.9 Å². The summed E-state index contributed by atoms with van der Waals surface area (Å²) in [6.45, 7) is 0.636. The molecule has 2 rings (SSSR count). The Bertz CT molecular complexity index is 701. The summed E-state index contributed by atoms with van der Waals surface area (Å²) < 4.78 is 31.7. The van der Waals surface area contributed by atoms with Crippen LogP contribution in [0.25, 0.3) is 0 Å². The van der Waals surface area contributed by atoms with E-state index in [0.717, 1.165) is 11.1 Å². The van der Waals surface area contributed by atoms with Crippen LogP contribution in [0.5, 0.6) is 0 Å². The van der Waals surface area contributed by atoms with Gasteiger partial charge in [0.1, 0.15) is 0 Å². The quantitative estimate of drug-likeness (QED) is 0.571. The topological polar surface area (TPSA) is 122 Å². The van der Waals surface area contributed by atoms with Gasteiger partial charge in [0.05, 0.1) is 24.7 Å². The molecule has 0 saturated heterocycles. The molecule has 0 spiro atoms. The highest BCUT2D eigenvalue weighted by Crippen LogP contribution is 2.22. The predicted molar refractivity (Wildman–Crippen MR) is 80.0 cm³/mol. The van der Waals surface area contributed by atoms with E-state index in [1.165, 1.54) is 12.1 Å². The fourth-order valence-electron chi connectivity index (χ4n) is 2.09. The first-order valence-electron chi connectivity index (χ1n) is 7.06. The van der Waals surface area contributed by atoms with Gasteiger partial charge in [-0.3, -0.25) is 9.59 Å². The summed E-state index contributed by atoms with van der Waals surface area (Å²) in [7, 11) is -3.78. The van der Waals surface area contributed by atoms with E-state index >= 15 is 0 Å². The Labute approximate surface area is 133 Å². The third-order valence-electron chi connectivity index (χ3n) is 3.32. The van der Waals surface area contributed by atoms with Crippen molar-refractivity contribution in [2.75, 3.05) is 13.1 Å². The average molecular weight is 342 g/mol. The lowest BCUT2D eigenvalue weighted by molar-refractivity contribution is -0.137. The number of aliphatic carboxylic acids is 1. The Balaban J connectivity index is 1.84. The standard InChI is InChI=1S/C14H18N2O6S/c17-13(15-5-1-2-14(18)19)7-16-23(20,21)12-4-3-10-8-22-9-11(10)6-12/h3-4,6,16H,1-2,5,7-9H2,(H,15,17)(H,18,19). The smallest absolute Gasteiger partial charge is 0.303 e. The minimum Gasteiger partial charge on any atom is -0.481 e. The number of carboxylic acids is 1. The maximum absolute atomic E-state index is 12.1. The summed E-state index contributed by atoms with van der Waals surface area (Å²) in [5.74, 6) is -1.45. The molecule has 1 amide bonds. The molecule has 0 unspecified atom stereocenters. The number of sulfonamides is 1. The highest BCUT2D eigenvalue weighted by Gasteiger charge is 2.19. The first-order valence-corrected chi connectivity index (χ1v) is 8.54. The number of carbonyl (C=O) groups is 2. The van der Waals surface area contributed by atoms with Crippen LogP contribution in [0.4, 0.5) is 0 Å². The van der Waals surface area contributed by atoms with E-state index in [0.29, 0.717) is 19.6 Å². The monoisotopic (exact) mass is 342 g/mol. The van der Waals surface area contributed by atoms with Crippen molar-refractivity contribution in [1.82, 2.24) is 10.0 Å². The van der Waals surface area contributed by atoms with Gasteiger partial charge in [0.2, 0.25) is 15.9 Å². The van der Waals surface area contributed by atoms with Gasteiger partial charge in [-0.05, 0) is 29.7 Å². The molecule has 9 heteroatoms. The summed E-state index contributed by atoms with van der Waals surface area (Å²) in [6.07, 6.45) is 0.238. The number of amides is 1. The van der Waals surface area contributed by atoms with Gasteiger partial charge in [0.25, 0.3) is 0 Å². The fraction of sp³-hybridized carbons (Fsp3) is 0.429. The SMILES string of the molecule is O=C(O)CCCNC(=O)CNS(=O)(=O)c1ccc2c(c1)COC2. The lowest BCUT2D eigenvalue weighted by atomic mass is 10.1. The molecule has 8 nitrogen and oxygen atoms in total. The zero-order chi connectivity index (χ0) is 16.9. The van der Waals surface area contributed by atoms with Crippen LogP contribution in [0.3, 0.4) is 0 Å². The maximum atomic E-state index is 12.1. The van der Waals surface area contributed by atoms with Crippen LogP contribution in [0.1, 0.15) is 24.0 Å². The molecule has 0 bridgehead atoms. The lowest BCUT2D eigenvalue weighted by Crippen LogP contribution is -2.37. The number of fused-ring (bicyclic) bond motifs is 1. The van der Waals surface area contributed by atoms with Crippen LogP contribution in [-0.4, -0.2) is 38.5 Å². The Morgan fingerprint density at radius 2 is 1.96 bits per heavy atom. The molecule has 3 N–H and O–H groups in total. The van der Waals surface area contributed by atoms with Crippen LogP contribution >= 0.6 is 0 Å². The van der Waals surface area contributed by atoms with E-state index in [9.17, 15) is 18.0 Å². The number of carboxylic acid groups (broad SMARTS) is 1. The third-order valence-corrected chi connectivity index (χ3v) is 4.71. The number of hydrogen-bond donors (Lipinski definition) is 3. The second-order valence-corrected chi connectivity index (χ2v) is 6.86. The van der Waals surface area contributed by atoms with Crippen molar-refractivity contribution in [3.63, 3.8) is 0 Å². The van der Waals surface area contributed by atoms with Gasteiger partial charge in [0, 0.05) is 13.0 Å². The van der Waals surface area contributed by atoms with Gasteiger partial charge >= 0.3 is 5.97 Å². The molecule has 0 fully saturated rings. The zero-order valence-electron chi connectivity index (χ0n) is 12.4. The molecule has 1 aromatic carbocycles. The Kier molecular flexibility index (Phi) is 5.69. The Morgan fingerprint density at radius 3 is 2.70 bits per heavy atom. The summed E-state index contributed by atoms with van der Waals surface area (Å²) in [4.78, 5) is 22.0. The van der Waals surface area contributed by atoms with E-state index < -0.39 is 28.4 Å². The van der Waals surface area contributed by atoms with Gasteiger partial charge in [-0.2, -0.15) is 0 Å². The molecular weight excluding hydrogens is 324 g/mol. The minimum absolute atomic E-state index is 0.0524. The van der Waals surface area contributed by atoms with E-state index in [2.05, 4.69) is 10.0 Å². The summed E-state index contributed by atoms with van der Waals surface area (Å²) in [6, 6.07) is 4.71. The Morgan fingerprint density at radius 1 is 1.22 bits per heavy atom. The second-order valence-electron chi connectivity index (χ2n) is 5.10. The lowest BCUT2D eigenvalue weighted by Gasteiger charge is -2.08. The maximum Gasteiger partial charge on any atom is 0.303 e.